The van der Waals surface area contributed by atoms with E-state index in [-0.39, 0.29) is 6.10 Å². The molecule has 0 fully saturated rings. The average Bonchev–Trinajstić information content (AvgIpc) is 2.62. The second kappa shape index (κ2) is 3.34. The summed E-state index contributed by atoms with van der Waals surface area (Å²) in [5.74, 6) is 0. The number of aliphatic hydroxyl groups excluding tert-OH is 1. The maximum absolute atomic E-state index is 9.29. The fourth-order valence-corrected chi connectivity index (χ4v) is 1.74. The van der Waals surface area contributed by atoms with Crippen molar-refractivity contribution in [1.29, 1.82) is 0 Å². The smallest absolute Gasteiger partial charge is 0.0726 e. The Hall–Kier alpha value is -1.09. The molecule has 1 atom stereocenters. The number of nitrogens with zero attached hydrogens (tertiary/aromatic N) is 2. The molecule has 0 aromatic carbocycles. The molecule has 3 heteroatoms. The van der Waals surface area contributed by atoms with Crippen molar-refractivity contribution in [2.75, 3.05) is 0 Å². The first kappa shape index (κ1) is 8.51. The third-order valence-corrected chi connectivity index (χ3v) is 2.38. The first-order valence-corrected chi connectivity index (χ1v) is 4.59. The molecule has 1 aliphatic rings. The van der Waals surface area contributed by atoms with Gasteiger partial charge in [0.15, 0.2) is 0 Å². The van der Waals surface area contributed by atoms with Crippen LogP contribution in [0, 0.1) is 0 Å². The van der Waals surface area contributed by atoms with Gasteiger partial charge in [-0.3, -0.25) is 4.68 Å². The van der Waals surface area contributed by atoms with Gasteiger partial charge in [-0.05, 0) is 24.8 Å². The Balaban J connectivity index is 2.02. The predicted octanol–water partition coefficient (Wildman–Crippen LogP) is 1.04. The minimum Gasteiger partial charge on any atom is -0.389 e. The van der Waals surface area contributed by atoms with Crippen molar-refractivity contribution < 1.29 is 5.11 Å². The molecule has 1 heterocycles. The summed E-state index contributed by atoms with van der Waals surface area (Å²) in [5, 5.41) is 13.4. The number of hydrogen-bond acceptors (Lipinski definition) is 2. The molecule has 3 nitrogen and oxygen atoms in total. The van der Waals surface area contributed by atoms with Crippen LogP contribution in [-0.2, 0) is 13.5 Å². The van der Waals surface area contributed by atoms with Crippen LogP contribution in [-0.4, -0.2) is 21.0 Å². The van der Waals surface area contributed by atoms with Crippen LogP contribution in [0.1, 0.15) is 18.4 Å². The van der Waals surface area contributed by atoms with Gasteiger partial charge in [-0.25, -0.2) is 0 Å². The second-order valence-corrected chi connectivity index (χ2v) is 3.63. The molecule has 0 bridgehead atoms. The van der Waals surface area contributed by atoms with Gasteiger partial charge in [-0.15, -0.1) is 0 Å². The molecule has 0 aliphatic heterocycles. The molecule has 2 rings (SSSR count). The first-order chi connectivity index (χ1) is 6.24. The Morgan fingerprint density at radius 2 is 2.54 bits per heavy atom. The van der Waals surface area contributed by atoms with Gasteiger partial charge < -0.3 is 5.11 Å². The molecule has 0 amide bonds. The Morgan fingerprint density at radius 1 is 1.69 bits per heavy atom. The highest BCUT2D eigenvalue weighted by Gasteiger charge is 2.13. The fraction of sp³-hybridized carbons (Fsp3) is 0.500. The summed E-state index contributed by atoms with van der Waals surface area (Å²) in [6.07, 6.45) is 8.49. The number of aromatic nitrogens is 2. The van der Waals surface area contributed by atoms with Crippen LogP contribution in [0.2, 0.25) is 0 Å². The maximum Gasteiger partial charge on any atom is 0.0726 e. The van der Waals surface area contributed by atoms with Gasteiger partial charge in [0.2, 0.25) is 0 Å². The minimum absolute atomic E-state index is 0.216. The van der Waals surface area contributed by atoms with Crippen molar-refractivity contribution >= 4 is 0 Å². The quantitative estimate of drug-likeness (QED) is 0.687. The summed E-state index contributed by atoms with van der Waals surface area (Å²) < 4.78 is 1.81. The third kappa shape index (κ3) is 1.98. The molecule has 0 spiro atoms. The van der Waals surface area contributed by atoms with Crippen LogP contribution in [0.4, 0.5) is 0 Å². The number of aliphatic hydroxyl groups is 1. The minimum atomic E-state index is -0.216. The lowest BCUT2D eigenvalue weighted by Gasteiger charge is -1.96. The summed E-state index contributed by atoms with van der Waals surface area (Å²) in [4.78, 5) is 0. The number of hydrogen-bond donors (Lipinski definition) is 1. The molecule has 1 aromatic heterocycles. The number of rotatable bonds is 2. The summed E-state index contributed by atoms with van der Waals surface area (Å²) in [7, 11) is 1.92. The lowest BCUT2D eigenvalue weighted by atomic mass is 10.1. The SMILES string of the molecule is Cn1cc(CC2=CC(O)CC2)cn1. The predicted molar refractivity (Wildman–Crippen MR) is 50.2 cm³/mol. The van der Waals surface area contributed by atoms with Gasteiger partial charge in [0.1, 0.15) is 0 Å². The highest BCUT2D eigenvalue weighted by Crippen LogP contribution is 2.21. The van der Waals surface area contributed by atoms with Crippen molar-refractivity contribution in [2.45, 2.75) is 25.4 Å². The van der Waals surface area contributed by atoms with Crippen LogP contribution < -0.4 is 0 Å². The molecular weight excluding hydrogens is 164 g/mol. The lowest BCUT2D eigenvalue weighted by Crippen LogP contribution is -1.93. The molecule has 1 aromatic rings. The van der Waals surface area contributed by atoms with Crippen LogP contribution in [0.3, 0.4) is 0 Å². The summed E-state index contributed by atoms with van der Waals surface area (Å²) in [6.45, 7) is 0. The second-order valence-electron chi connectivity index (χ2n) is 3.63. The van der Waals surface area contributed by atoms with Crippen molar-refractivity contribution in [3.05, 3.63) is 29.6 Å². The molecule has 0 radical (unpaired) electrons. The number of allylic oxidation sites excluding steroid dienone is 1. The molecule has 1 aliphatic carbocycles. The van der Waals surface area contributed by atoms with Crippen LogP contribution in [0.5, 0.6) is 0 Å². The first-order valence-electron chi connectivity index (χ1n) is 4.59. The highest BCUT2D eigenvalue weighted by molar-refractivity contribution is 5.20. The third-order valence-electron chi connectivity index (χ3n) is 2.38. The van der Waals surface area contributed by atoms with Gasteiger partial charge in [-0.1, -0.05) is 11.6 Å². The van der Waals surface area contributed by atoms with Crippen molar-refractivity contribution in [2.24, 2.45) is 7.05 Å². The Bertz CT molecular complexity index is 327. The number of aryl methyl sites for hydroxylation is 1. The largest absolute Gasteiger partial charge is 0.389 e. The lowest BCUT2D eigenvalue weighted by molar-refractivity contribution is 0.223. The van der Waals surface area contributed by atoms with E-state index in [0.29, 0.717) is 0 Å². The van der Waals surface area contributed by atoms with Crippen LogP contribution in [0.25, 0.3) is 0 Å². The van der Waals surface area contributed by atoms with E-state index in [1.165, 1.54) is 11.1 Å². The molecule has 1 unspecified atom stereocenters. The maximum atomic E-state index is 9.29. The van der Waals surface area contributed by atoms with E-state index < -0.39 is 0 Å². The van der Waals surface area contributed by atoms with E-state index in [1.54, 1.807) is 4.68 Å². The van der Waals surface area contributed by atoms with E-state index in [4.69, 9.17) is 0 Å². The van der Waals surface area contributed by atoms with E-state index in [2.05, 4.69) is 5.10 Å². The van der Waals surface area contributed by atoms with Crippen molar-refractivity contribution in [3.63, 3.8) is 0 Å². The van der Waals surface area contributed by atoms with Crippen LogP contribution in [0.15, 0.2) is 24.0 Å². The Labute approximate surface area is 77.7 Å². The van der Waals surface area contributed by atoms with Crippen molar-refractivity contribution in [3.8, 4) is 0 Å². The van der Waals surface area contributed by atoms with Gasteiger partial charge in [0.05, 0.1) is 12.3 Å². The summed E-state index contributed by atoms with van der Waals surface area (Å²) in [6, 6.07) is 0. The zero-order valence-electron chi connectivity index (χ0n) is 7.77. The summed E-state index contributed by atoms with van der Waals surface area (Å²) in [5.41, 5.74) is 2.56. The monoisotopic (exact) mass is 178 g/mol. The Morgan fingerprint density at radius 3 is 3.08 bits per heavy atom. The van der Waals surface area contributed by atoms with Gasteiger partial charge in [0.25, 0.3) is 0 Å². The van der Waals surface area contributed by atoms with Gasteiger partial charge in [0, 0.05) is 13.2 Å². The zero-order chi connectivity index (χ0) is 9.26. The summed E-state index contributed by atoms with van der Waals surface area (Å²) >= 11 is 0. The molecule has 1 N–H and O–H groups in total. The van der Waals surface area contributed by atoms with Gasteiger partial charge in [-0.2, -0.15) is 5.10 Å². The molecule has 0 saturated heterocycles. The van der Waals surface area contributed by atoms with Gasteiger partial charge >= 0.3 is 0 Å². The fourth-order valence-electron chi connectivity index (χ4n) is 1.74. The molecular formula is C10H14N2O. The zero-order valence-corrected chi connectivity index (χ0v) is 7.77. The molecule has 0 saturated carbocycles. The highest BCUT2D eigenvalue weighted by atomic mass is 16.3. The molecule has 13 heavy (non-hydrogen) atoms. The standard InChI is InChI=1S/C10H14N2O/c1-12-7-9(6-11-12)4-8-2-3-10(13)5-8/h5-7,10,13H,2-4H2,1H3. The van der Waals surface area contributed by atoms with Crippen molar-refractivity contribution in [1.82, 2.24) is 9.78 Å². The van der Waals surface area contributed by atoms with E-state index in [9.17, 15) is 5.11 Å². The van der Waals surface area contributed by atoms with E-state index in [0.717, 1.165) is 19.3 Å². The molecule has 70 valence electrons. The van der Waals surface area contributed by atoms with Crippen LogP contribution >= 0.6 is 0 Å². The Kier molecular flexibility index (Phi) is 2.19. The topological polar surface area (TPSA) is 38.0 Å². The normalized spacial score (nSPS) is 22.0. The van der Waals surface area contributed by atoms with E-state index in [1.807, 2.05) is 25.5 Å². The average molecular weight is 178 g/mol. The van der Waals surface area contributed by atoms with E-state index >= 15 is 0 Å².